The molecule has 2 aromatic rings. The zero-order chi connectivity index (χ0) is 23.2. The fourth-order valence-corrected chi connectivity index (χ4v) is 4.84. The van der Waals surface area contributed by atoms with Gasteiger partial charge < -0.3 is 15.5 Å². The van der Waals surface area contributed by atoms with Crippen molar-refractivity contribution in [3.63, 3.8) is 0 Å². The molecule has 2 aliphatic rings. The van der Waals surface area contributed by atoms with Crippen LogP contribution in [0.5, 0.6) is 0 Å². The molecule has 2 saturated heterocycles. The van der Waals surface area contributed by atoms with E-state index in [1.54, 1.807) is 16.7 Å². The molecule has 0 radical (unpaired) electrons. The van der Waals surface area contributed by atoms with E-state index in [9.17, 15) is 14.4 Å². The van der Waals surface area contributed by atoms with Crippen LogP contribution in [0.25, 0.3) is 0 Å². The lowest BCUT2D eigenvalue weighted by Crippen LogP contribution is -2.48. The van der Waals surface area contributed by atoms with E-state index in [0.717, 1.165) is 42.2 Å². The molecule has 1 unspecified atom stereocenters. The van der Waals surface area contributed by atoms with Crippen LogP contribution in [-0.4, -0.2) is 61.1 Å². The molecule has 1 atom stereocenters. The molecule has 0 saturated carbocycles. The van der Waals surface area contributed by atoms with Crippen molar-refractivity contribution >= 4 is 40.9 Å². The van der Waals surface area contributed by atoms with Crippen LogP contribution in [0.3, 0.4) is 0 Å². The Morgan fingerprint density at radius 1 is 1.06 bits per heavy atom. The molecular formula is C25H30N4O3S. The number of hydrogen-bond donors (Lipinski definition) is 2. The standard InChI is InChI=1S/C25H30N4O3S/c1-33-22-9-5-8-21(15-22)29-16-18(14-24(29)31)25(32)27-20-10-12-28(13-11-20)17-23(30)26-19-6-3-2-4-7-19/h2-9,15,18,20H,10-14,16-17H2,1H3,(H,26,30)(H,27,32). The first-order valence-electron chi connectivity index (χ1n) is 11.3. The zero-order valence-corrected chi connectivity index (χ0v) is 19.6. The van der Waals surface area contributed by atoms with E-state index >= 15 is 0 Å². The molecule has 0 spiro atoms. The van der Waals surface area contributed by atoms with Gasteiger partial charge in [-0.1, -0.05) is 24.3 Å². The van der Waals surface area contributed by atoms with Gasteiger partial charge in [0.05, 0.1) is 12.5 Å². The van der Waals surface area contributed by atoms with Gasteiger partial charge >= 0.3 is 0 Å². The predicted molar refractivity (Wildman–Crippen MR) is 131 cm³/mol. The molecular weight excluding hydrogens is 436 g/mol. The average molecular weight is 467 g/mol. The second kappa shape index (κ2) is 10.9. The van der Waals surface area contributed by atoms with E-state index in [1.165, 1.54) is 0 Å². The first-order chi connectivity index (χ1) is 16.0. The van der Waals surface area contributed by atoms with Crippen molar-refractivity contribution in [3.8, 4) is 0 Å². The number of likely N-dealkylation sites (tertiary alicyclic amines) is 1. The lowest BCUT2D eigenvalue weighted by atomic mass is 10.0. The van der Waals surface area contributed by atoms with E-state index in [2.05, 4.69) is 15.5 Å². The van der Waals surface area contributed by atoms with Crippen LogP contribution in [0, 0.1) is 5.92 Å². The summed E-state index contributed by atoms with van der Waals surface area (Å²) in [5.74, 6) is -0.413. The number of amides is 3. The Balaban J connectivity index is 1.22. The highest BCUT2D eigenvalue weighted by Crippen LogP contribution is 2.28. The number of carbonyl (C=O) groups is 3. The van der Waals surface area contributed by atoms with E-state index in [-0.39, 0.29) is 36.1 Å². The van der Waals surface area contributed by atoms with Crippen LogP contribution in [0.4, 0.5) is 11.4 Å². The summed E-state index contributed by atoms with van der Waals surface area (Å²) in [6.45, 7) is 2.27. The maximum atomic E-state index is 12.8. The molecule has 33 heavy (non-hydrogen) atoms. The van der Waals surface area contributed by atoms with Gasteiger partial charge in [-0.05, 0) is 49.4 Å². The van der Waals surface area contributed by atoms with Crippen LogP contribution < -0.4 is 15.5 Å². The Morgan fingerprint density at radius 2 is 1.82 bits per heavy atom. The van der Waals surface area contributed by atoms with Gasteiger partial charge in [0.2, 0.25) is 17.7 Å². The maximum Gasteiger partial charge on any atom is 0.238 e. The number of rotatable bonds is 7. The number of nitrogens with zero attached hydrogens (tertiary/aromatic N) is 2. The Bertz CT molecular complexity index is 992. The number of benzene rings is 2. The van der Waals surface area contributed by atoms with Crippen molar-refractivity contribution in [2.24, 2.45) is 5.92 Å². The molecule has 0 aromatic heterocycles. The van der Waals surface area contributed by atoms with Crippen molar-refractivity contribution in [2.45, 2.75) is 30.2 Å². The summed E-state index contributed by atoms with van der Waals surface area (Å²) in [7, 11) is 0. The molecule has 3 amide bonds. The minimum absolute atomic E-state index is 0.00680. The smallest absolute Gasteiger partial charge is 0.238 e. The van der Waals surface area contributed by atoms with Crippen LogP contribution in [-0.2, 0) is 14.4 Å². The first-order valence-corrected chi connectivity index (χ1v) is 12.6. The highest BCUT2D eigenvalue weighted by atomic mass is 32.2. The normalized spacial score (nSPS) is 19.5. The first kappa shape index (κ1) is 23.3. The SMILES string of the molecule is CSc1cccc(N2CC(C(=O)NC3CCN(CC(=O)Nc4ccccc4)CC3)CC2=O)c1. The Morgan fingerprint density at radius 3 is 2.55 bits per heavy atom. The summed E-state index contributed by atoms with van der Waals surface area (Å²) in [6, 6.07) is 17.4. The monoisotopic (exact) mass is 466 g/mol. The molecule has 2 aromatic carbocycles. The third kappa shape index (κ3) is 6.15. The quantitative estimate of drug-likeness (QED) is 0.613. The Kier molecular flexibility index (Phi) is 7.67. The third-order valence-electron chi connectivity index (χ3n) is 6.22. The number of piperidine rings is 1. The van der Waals surface area contributed by atoms with E-state index in [4.69, 9.17) is 0 Å². The van der Waals surface area contributed by atoms with Gasteiger partial charge in [0.25, 0.3) is 0 Å². The number of hydrogen-bond acceptors (Lipinski definition) is 5. The van der Waals surface area contributed by atoms with Crippen LogP contribution in [0.1, 0.15) is 19.3 Å². The minimum atomic E-state index is -0.329. The second-order valence-corrected chi connectivity index (χ2v) is 9.46. The molecule has 2 fully saturated rings. The third-order valence-corrected chi connectivity index (χ3v) is 6.94. The Labute approximate surface area is 198 Å². The summed E-state index contributed by atoms with van der Waals surface area (Å²) < 4.78 is 0. The van der Waals surface area contributed by atoms with Gasteiger partial charge in [-0.25, -0.2) is 0 Å². The molecule has 2 heterocycles. The molecule has 2 aliphatic heterocycles. The van der Waals surface area contributed by atoms with Gasteiger partial charge in [0, 0.05) is 48.4 Å². The minimum Gasteiger partial charge on any atom is -0.353 e. The van der Waals surface area contributed by atoms with E-state index < -0.39 is 0 Å². The van der Waals surface area contributed by atoms with E-state index in [0.29, 0.717) is 13.1 Å². The lowest BCUT2D eigenvalue weighted by molar-refractivity contribution is -0.127. The molecule has 8 heteroatoms. The average Bonchev–Trinajstić information content (AvgIpc) is 3.23. The Hall–Kier alpha value is -2.84. The number of carbonyl (C=O) groups excluding carboxylic acids is 3. The van der Waals surface area contributed by atoms with Crippen molar-refractivity contribution in [2.75, 3.05) is 42.7 Å². The topological polar surface area (TPSA) is 81.8 Å². The van der Waals surface area contributed by atoms with Crippen LogP contribution in [0.15, 0.2) is 59.5 Å². The summed E-state index contributed by atoms with van der Waals surface area (Å²) in [4.78, 5) is 42.6. The van der Waals surface area contributed by atoms with Crippen molar-refractivity contribution in [1.29, 1.82) is 0 Å². The molecule has 7 nitrogen and oxygen atoms in total. The molecule has 2 N–H and O–H groups in total. The predicted octanol–water partition coefficient (Wildman–Crippen LogP) is 2.98. The molecule has 0 bridgehead atoms. The summed E-state index contributed by atoms with van der Waals surface area (Å²) in [5.41, 5.74) is 1.65. The number of para-hydroxylation sites is 1. The maximum absolute atomic E-state index is 12.8. The zero-order valence-electron chi connectivity index (χ0n) is 18.8. The fraction of sp³-hybridized carbons (Fsp3) is 0.400. The second-order valence-electron chi connectivity index (χ2n) is 8.58. The van der Waals surface area contributed by atoms with Gasteiger partial charge in [-0.2, -0.15) is 0 Å². The summed E-state index contributed by atoms with van der Waals surface area (Å²) in [5, 5.41) is 6.05. The molecule has 174 valence electrons. The molecule has 4 rings (SSSR count). The molecule has 0 aliphatic carbocycles. The van der Waals surface area contributed by atoms with Crippen LogP contribution >= 0.6 is 11.8 Å². The number of anilines is 2. The summed E-state index contributed by atoms with van der Waals surface area (Å²) in [6.07, 6.45) is 3.84. The van der Waals surface area contributed by atoms with Crippen molar-refractivity contribution in [1.82, 2.24) is 10.2 Å². The van der Waals surface area contributed by atoms with E-state index in [1.807, 2.05) is 60.9 Å². The summed E-state index contributed by atoms with van der Waals surface area (Å²) >= 11 is 1.63. The van der Waals surface area contributed by atoms with Crippen LogP contribution in [0.2, 0.25) is 0 Å². The van der Waals surface area contributed by atoms with Gasteiger partial charge in [0.1, 0.15) is 0 Å². The highest BCUT2D eigenvalue weighted by Gasteiger charge is 2.36. The van der Waals surface area contributed by atoms with Gasteiger partial charge in [-0.15, -0.1) is 11.8 Å². The van der Waals surface area contributed by atoms with Crippen molar-refractivity contribution < 1.29 is 14.4 Å². The number of thioether (sulfide) groups is 1. The highest BCUT2D eigenvalue weighted by molar-refractivity contribution is 7.98. The van der Waals surface area contributed by atoms with Crippen molar-refractivity contribution in [3.05, 3.63) is 54.6 Å². The fourth-order valence-electron chi connectivity index (χ4n) is 4.39. The number of nitrogens with one attached hydrogen (secondary N) is 2. The largest absolute Gasteiger partial charge is 0.353 e. The van der Waals surface area contributed by atoms with Gasteiger partial charge in [-0.3, -0.25) is 19.3 Å². The lowest BCUT2D eigenvalue weighted by Gasteiger charge is -2.32. The van der Waals surface area contributed by atoms with Gasteiger partial charge in [0.15, 0.2) is 0 Å².